The lowest BCUT2D eigenvalue weighted by atomic mass is 10.2. The minimum Gasteiger partial charge on any atom is -0.425 e. The van der Waals surface area contributed by atoms with E-state index in [0.717, 1.165) is 5.69 Å². The van der Waals surface area contributed by atoms with Crippen molar-refractivity contribution in [3.05, 3.63) is 35.8 Å². The quantitative estimate of drug-likeness (QED) is 0.852. The molecule has 7 nitrogen and oxygen atoms in total. The highest BCUT2D eigenvalue weighted by Crippen LogP contribution is 2.12. The third kappa shape index (κ3) is 4.11. The van der Waals surface area contributed by atoms with Gasteiger partial charge in [0.1, 0.15) is 0 Å². The zero-order chi connectivity index (χ0) is 14.4. The monoisotopic (exact) mass is 275 g/mol. The first-order valence-electron chi connectivity index (χ1n) is 6.50. The molecule has 0 spiro atoms. The predicted octanol–water partition coefficient (Wildman–Crippen LogP) is 1.23. The Bertz CT molecular complexity index is 553. The molecule has 0 aliphatic carbocycles. The Hall–Kier alpha value is -2.31. The summed E-state index contributed by atoms with van der Waals surface area (Å²) in [5.74, 6) is 1.20. The van der Waals surface area contributed by atoms with Crippen molar-refractivity contribution in [1.82, 2.24) is 25.7 Å². The van der Waals surface area contributed by atoms with E-state index >= 15 is 0 Å². The van der Waals surface area contributed by atoms with Gasteiger partial charge in [-0.1, -0.05) is 13.8 Å². The molecule has 0 unspecified atom stereocenters. The fourth-order valence-corrected chi connectivity index (χ4v) is 1.53. The van der Waals surface area contributed by atoms with E-state index in [9.17, 15) is 4.79 Å². The van der Waals surface area contributed by atoms with Crippen molar-refractivity contribution >= 4 is 5.91 Å². The summed E-state index contributed by atoms with van der Waals surface area (Å²) in [7, 11) is 0. The van der Waals surface area contributed by atoms with Crippen LogP contribution < -0.4 is 5.32 Å². The van der Waals surface area contributed by atoms with Gasteiger partial charge >= 0.3 is 0 Å². The molecule has 2 heterocycles. The van der Waals surface area contributed by atoms with Crippen molar-refractivity contribution in [3.63, 3.8) is 0 Å². The number of carbonyl (C=O) groups is 1. The molecular formula is C13H17N5O2. The van der Waals surface area contributed by atoms with Crippen molar-refractivity contribution in [1.29, 1.82) is 0 Å². The van der Waals surface area contributed by atoms with E-state index < -0.39 is 0 Å². The Morgan fingerprint density at radius 3 is 2.85 bits per heavy atom. The van der Waals surface area contributed by atoms with E-state index in [1.807, 2.05) is 13.8 Å². The summed E-state index contributed by atoms with van der Waals surface area (Å²) in [4.78, 5) is 11.7. The Balaban J connectivity index is 1.74. The molecule has 0 fully saturated rings. The van der Waals surface area contributed by atoms with Crippen LogP contribution in [0, 0.1) is 0 Å². The molecule has 0 atom stereocenters. The van der Waals surface area contributed by atoms with Crippen molar-refractivity contribution in [3.8, 4) is 0 Å². The molecular weight excluding hydrogens is 258 g/mol. The third-order valence-corrected chi connectivity index (χ3v) is 2.64. The van der Waals surface area contributed by atoms with Gasteiger partial charge in [0, 0.05) is 25.0 Å². The normalized spacial score (nSPS) is 10.8. The van der Waals surface area contributed by atoms with Crippen LogP contribution >= 0.6 is 0 Å². The van der Waals surface area contributed by atoms with E-state index in [1.165, 1.54) is 0 Å². The van der Waals surface area contributed by atoms with Crippen LogP contribution in [0.15, 0.2) is 22.7 Å². The molecule has 0 bridgehead atoms. The second-order valence-electron chi connectivity index (χ2n) is 4.68. The van der Waals surface area contributed by atoms with Gasteiger partial charge in [-0.3, -0.25) is 4.79 Å². The lowest BCUT2D eigenvalue weighted by Crippen LogP contribution is -2.23. The van der Waals surface area contributed by atoms with Crippen LogP contribution in [-0.2, 0) is 17.8 Å². The molecule has 0 saturated carbocycles. The standard InChI is InChI=1S/C13H17N5O2/c1-9(2)13-18-17-12(20-13)6-5-11(19)14-8-10-4-3-7-15-16-10/h3-4,7,9H,5-6,8H2,1-2H3,(H,14,19). The molecule has 2 aromatic heterocycles. The summed E-state index contributed by atoms with van der Waals surface area (Å²) < 4.78 is 5.43. The summed E-state index contributed by atoms with van der Waals surface area (Å²) in [6.07, 6.45) is 2.33. The van der Waals surface area contributed by atoms with Crippen LogP contribution in [-0.4, -0.2) is 26.3 Å². The molecule has 0 aromatic carbocycles. The van der Waals surface area contributed by atoms with Gasteiger partial charge in [-0.2, -0.15) is 10.2 Å². The van der Waals surface area contributed by atoms with E-state index in [0.29, 0.717) is 31.2 Å². The molecule has 20 heavy (non-hydrogen) atoms. The average molecular weight is 275 g/mol. The number of hydrogen-bond acceptors (Lipinski definition) is 6. The molecule has 1 amide bonds. The number of nitrogens with zero attached hydrogens (tertiary/aromatic N) is 4. The molecule has 0 aliphatic heterocycles. The van der Waals surface area contributed by atoms with Gasteiger partial charge in [0.25, 0.3) is 0 Å². The first kappa shape index (κ1) is 14.1. The first-order chi connectivity index (χ1) is 9.65. The number of hydrogen-bond donors (Lipinski definition) is 1. The van der Waals surface area contributed by atoms with Gasteiger partial charge in [-0.15, -0.1) is 10.2 Å². The predicted molar refractivity (Wildman–Crippen MR) is 70.6 cm³/mol. The van der Waals surface area contributed by atoms with Crippen molar-refractivity contribution in [2.45, 2.75) is 39.2 Å². The number of rotatable bonds is 6. The molecule has 7 heteroatoms. The van der Waals surface area contributed by atoms with Crippen LogP contribution in [0.25, 0.3) is 0 Å². The van der Waals surface area contributed by atoms with Crippen LogP contribution in [0.3, 0.4) is 0 Å². The lowest BCUT2D eigenvalue weighted by Gasteiger charge is -2.02. The fraction of sp³-hybridized carbons (Fsp3) is 0.462. The Labute approximate surface area is 116 Å². The minimum absolute atomic E-state index is 0.0834. The van der Waals surface area contributed by atoms with E-state index in [1.54, 1.807) is 18.3 Å². The Morgan fingerprint density at radius 2 is 2.20 bits per heavy atom. The number of aromatic nitrogens is 4. The summed E-state index contributed by atoms with van der Waals surface area (Å²) in [5, 5.41) is 18.2. The zero-order valence-corrected chi connectivity index (χ0v) is 11.5. The molecule has 0 saturated heterocycles. The SMILES string of the molecule is CC(C)c1nnc(CCC(=O)NCc2cccnn2)o1. The van der Waals surface area contributed by atoms with Crippen LogP contribution in [0.5, 0.6) is 0 Å². The molecule has 0 radical (unpaired) electrons. The highest BCUT2D eigenvalue weighted by Gasteiger charge is 2.11. The topological polar surface area (TPSA) is 93.8 Å². The summed E-state index contributed by atoms with van der Waals surface area (Å²) in [6, 6.07) is 3.58. The first-order valence-corrected chi connectivity index (χ1v) is 6.50. The summed E-state index contributed by atoms with van der Waals surface area (Å²) >= 11 is 0. The fourth-order valence-electron chi connectivity index (χ4n) is 1.53. The number of nitrogens with one attached hydrogen (secondary N) is 1. The maximum absolute atomic E-state index is 11.7. The molecule has 2 aromatic rings. The number of carbonyl (C=O) groups excluding carboxylic acids is 1. The van der Waals surface area contributed by atoms with Crippen molar-refractivity contribution < 1.29 is 9.21 Å². The zero-order valence-electron chi connectivity index (χ0n) is 11.5. The molecule has 2 rings (SSSR count). The molecule has 106 valence electrons. The van der Waals surface area contributed by atoms with Crippen LogP contribution in [0.1, 0.15) is 43.7 Å². The number of amides is 1. The maximum Gasteiger partial charge on any atom is 0.220 e. The highest BCUT2D eigenvalue weighted by atomic mass is 16.4. The Kier molecular flexibility index (Phi) is 4.75. The minimum atomic E-state index is -0.0834. The van der Waals surface area contributed by atoms with Gasteiger partial charge in [-0.25, -0.2) is 0 Å². The highest BCUT2D eigenvalue weighted by molar-refractivity contribution is 5.75. The van der Waals surface area contributed by atoms with Crippen molar-refractivity contribution in [2.75, 3.05) is 0 Å². The van der Waals surface area contributed by atoms with E-state index in [4.69, 9.17) is 4.42 Å². The van der Waals surface area contributed by atoms with Gasteiger partial charge in [0.15, 0.2) is 0 Å². The van der Waals surface area contributed by atoms with E-state index in [2.05, 4.69) is 25.7 Å². The number of aryl methyl sites for hydroxylation is 1. The third-order valence-electron chi connectivity index (χ3n) is 2.64. The van der Waals surface area contributed by atoms with Crippen molar-refractivity contribution in [2.24, 2.45) is 0 Å². The van der Waals surface area contributed by atoms with Gasteiger partial charge in [0.05, 0.1) is 12.2 Å². The summed E-state index contributed by atoms with van der Waals surface area (Å²) in [5.41, 5.74) is 0.723. The van der Waals surface area contributed by atoms with Gasteiger partial charge < -0.3 is 9.73 Å². The van der Waals surface area contributed by atoms with Gasteiger partial charge in [-0.05, 0) is 12.1 Å². The smallest absolute Gasteiger partial charge is 0.220 e. The molecule has 1 N–H and O–H groups in total. The largest absolute Gasteiger partial charge is 0.425 e. The van der Waals surface area contributed by atoms with Crippen LogP contribution in [0.4, 0.5) is 0 Å². The van der Waals surface area contributed by atoms with Gasteiger partial charge in [0.2, 0.25) is 17.7 Å². The van der Waals surface area contributed by atoms with E-state index in [-0.39, 0.29) is 11.8 Å². The summed E-state index contributed by atoms with van der Waals surface area (Å²) in [6.45, 7) is 4.32. The maximum atomic E-state index is 11.7. The van der Waals surface area contributed by atoms with Crippen LogP contribution in [0.2, 0.25) is 0 Å². The molecule has 0 aliphatic rings. The Morgan fingerprint density at radius 1 is 1.35 bits per heavy atom. The average Bonchev–Trinajstić information content (AvgIpc) is 2.93. The second-order valence-corrected chi connectivity index (χ2v) is 4.68. The second kappa shape index (κ2) is 6.74. The lowest BCUT2D eigenvalue weighted by molar-refractivity contribution is -0.121.